The molecule has 0 spiro atoms. The van der Waals surface area contributed by atoms with Gasteiger partial charge in [-0.25, -0.2) is 0 Å². The van der Waals surface area contributed by atoms with Crippen molar-refractivity contribution in [1.82, 2.24) is 4.98 Å². The lowest BCUT2D eigenvalue weighted by atomic mass is 10.2. The zero-order valence-corrected chi connectivity index (χ0v) is 8.97. The topological polar surface area (TPSA) is 56.3 Å². The molecule has 0 saturated heterocycles. The van der Waals surface area contributed by atoms with Crippen molar-refractivity contribution in [3.63, 3.8) is 0 Å². The highest BCUT2D eigenvalue weighted by Crippen LogP contribution is 2.28. The zero-order valence-electron chi connectivity index (χ0n) is 8.15. The molecule has 0 aliphatic rings. The first kappa shape index (κ1) is 12.9. The minimum absolute atomic E-state index is 0.0419. The van der Waals surface area contributed by atoms with Crippen molar-refractivity contribution >= 4 is 10.1 Å². The lowest BCUT2D eigenvalue weighted by molar-refractivity contribution is -0.137. The number of rotatable bonds is 3. The number of nitrogens with zero attached hydrogens (tertiary/aromatic N) is 1. The van der Waals surface area contributed by atoms with Crippen LogP contribution in [0.5, 0.6) is 0 Å². The second kappa shape index (κ2) is 4.38. The first-order chi connectivity index (χ1) is 7.18. The number of halogens is 3. The van der Waals surface area contributed by atoms with E-state index in [1.165, 1.54) is 0 Å². The summed E-state index contributed by atoms with van der Waals surface area (Å²) in [7, 11) is -3.68. The largest absolute Gasteiger partial charge is 0.417 e. The Labute approximate surface area is 90.2 Å². The molecule has 90 valence electrons. The maximum absolute atomic E-state index is 12.2. The van der Waals surface area contributed by atoms with Crippen LogP contribution in [0.25, 0.3) is 0 Å². The predicted molar refractivity (Wildman–Crippen MR) is 48.9 cm³/mol. The lowest BCUT2D eigenvalue weighted by Crippen LogP contribution is -2.08. The molecule has 8 heteroatoms. The summed E-state index contributed by atoms with van der Waals surface area (Å²) in [6.45, 7) is -0.463. The molecule has 0 aliphatic carbocycles. The van der Waals surface area contributed by atoms with Gasteiger partial charge in [0.1, 0.15) is 0 Å². The van der Waals surface area contributed by atoms with Crippen molar-refractivity contribution < 1.29 is 25.8 Å². The van der Waals surface area contributed by atoms with E-state index in [4.69, 9.17) is 0 Å². The summed E-state index contributed by atoms with van der Waals surface area (Å²) < 4.78 is 62.3. The van der Waals surface area contributed by atoms with Gasteiger partial charge in [0.15, 0.2) is 0 Å². The molecule has 0 atom stereocenters. The van der Waals surface area contributed by atoms with E-state index in [1.54, 1.807) is 0 Å². The van der Waals surface area contributed by atoms with Gasteiger partial charge in [-0.05, 0) is 11.6 Å². The summed E-state index contributed by atoms with van der Waals surface area (Å²) >= 11 is 0. The molecule has 1 aromatic heterocycles. The van der Waals surface area contributed by atoms with Gasteiger partial charge in [0, 0.05) is 12.4 Å². The van der Waals surface area contributed by atoms with Crippen LogP contribution in [0, 0.1) is 0 Å². The molecular formula is C8H8F3NO3S. The highest BCUT2D eigenvalue weighted by Gasteiger charge is 2.31. The Kier molecular flexibility index (Phi) is 3.54. The summed E-state index contributed by atoms with van der Waals surface area (Å²) in [5, 5.41) is 0. The Morgan fingerprint density at radius 2 is 2.00 bits per heavy atom. The number of pyridine rings is 1. The van der Waals surface area contributed by atoms with E-state index < -0.39 is 28.5 Å². The van der Waals surface area contributed by atoms with Crippen LogP contribution < -0.4 is 0 Å². The number of alkyl halides is 3. The average Bonchev–Trinajstić information content (AvgIpc) is 2.13. The minimum Gasteiger partial charge on any atom is -0.265 e. The van der Waals surface area contributed by atoms with Gasteiger partial charge in [-0.2, -0.15) is 21.6 Å². The van der Waals surface area contributed by atoms with E-state index in [0.717, 1.165) is 18.5 Å². The third-order valence-electron chi connectivity index (χ3n) is 1.56. The standard InChI is InChI=1S/C8H8F3NO3S/c1-16(13,14)15-5-6-2-7(4-12-3-6)8(9,10)11/h2-4H,5H2,1H3. The second-order valence-electron chi connectivity index (χ2n) is 3.05. The normalized spacial score (nSPS) is 12.8. The molecule has 0 unspecified atom stereocenters. The van der Waals surface area contributed by atoms with Crippen molar-refractivity contribution in [2.45, 2.75) is 12.8 Å². The van der Waals surface area contributed by atoms with Crippen LogP contribution in [-0.4, -0.2) is 19.7 Å². The fourth-order valence-corrected chi connectivity index (χ4v) is 1.25. The van der Waals surface area contributed by atoms with Gasteiger partial charge in [-0.1, -0.05) is 0 Å². The molecule has 0 aliphatic heterocycles. The van der Waals surface area contributed by atoms with Gasteiger partial charge in [0.2, 0.25) is 0 Å². The SMILES string of the molecule is CS(=O)(=O)OCc1cncc(C(F)(F)F)c1. The Morgan fingerprint density at radius 3 is 2.50 bits per heavy atom. The molecule has 0 N–H and O–H groups in total. The Balaban J connectivity index is 2.84. The second-order valence-corrected chi connectivity index (χ2v) is 4.69. The Morgan fingerprint density at radius 1 is 1.38 bits per heavy atom. The van der Waals surface area contributed by atoms with Gasteiger partial charge in [-0.15, -0.1) is 0 Å². The van der Waals surface area contributed by atoms with Gasteiger partial charge < -0.3 is 0 Å². The molecule has 0 bridgehead atoms. The third-order valence-corrected chi connectivity index (χ3v) is 2.11. The molecule has 0 fully saturated rings. The van der Waals surface area contributed by atoms with Crippen LogP contribution in [0.3, 0.4) is 0 Å². The number of hydrogen-bond acceptors (Lipinski definition) is 4. The summed E-state index contributed by atoms with van der Waals surface area (Å²) in [5.41, 5.74) is -0.901. The highest BCUT2D eigenvalue weighted by molar-refractivity contribution is 7.85. The monoisotopic (exact) mass is 255 g/mol. The fourth-order valence-electron chi connectivity index (χ4n) is 0.897. The number of hydrogen-bond donors (Lipinski definition) is 0. The van der Waals surface area contributed by atoms with Crippen molar-refractivity contribution in [3.05, 3.63) is 29.6 Å². The van der Waals surface area contributed by atoms with E-state index in [-0.39, 0.29) is 5.56 Å². The quantitative estimate of drug-likeness (QED) is 0.769. The van der Waals surface area contributed by atoms with Gasteiger partial charge in [0.25, 0.3) is 10.1 Å². The van der Waals surface area contributed by atoms with E-state index in [1.807, 2.05) is 0 Å². The first-order valence-corrected chi connectivity index (χ1v) is 5.86. The molecule has 0 saturated carbocycles. The molecule has 1 heterocycles. The lowest BCUT2D eigenvalue weighted by Gasteiger charge is -2.07. The molecule has 1 aromatic rings. The summed E-state index contributed by atoms with van der Waals surface area (Å²) in [4.78, 5) is 3.36. The highest BCUT2D eigenvalue weighted by atomic mass is 32.2. The van der Waals surface area contributed by atoms with Crippen LogP contribution in [0.1, 0.15) is 11.1 Å². The van der Waals surface area contributed by atoms with Gasteiger partial charge in [0.05, 0.1) is 18.4 Å². The molecule has 0 aromatic carbocycles. The fraction of sp³-hybridized carbons (Fsp3) is 0.375. The van der Waals surface area contributed by atoms with Gasteiger partial charge in [-0.3, -0.25) is 9.17 Å². The molecule has 0 radical (unpaired) electrons. The Bertz CT molecular complexity index is 470. The number of aromatic nitrogens is 1. The van der Waals surface area contributed by atoms with E-state index in [0.29, 0.717) is 6.20 Å². The van der Waals surface area contributed by atoms with E-state index >= 15 is 0 Å². The predicted octanol–water partition coefficient (Wildman–Crippen LogP) is 1.58. The van der Waals surface area contributed by atoms with Gasteiger partial charge >= 0.3 is 6.18 Å². The van der Waals surface area contributed by atoms with Crippen LogP contribution >= 0.6 is 0 Å². The molecular weight excluding hydrogens is 247 g/mol. The maximum atomic E-state index is 12.2. The minimum atomic E-state index is -4.51. The first-order valence-electron chi connectivity index (χ1n) is 4.04. The third kappa shape index (κ3) is 4.15. The average molecular weight is 255 g/mol. The molecule has 16 heavy (non-hydrogen) atoms. The van der Waals surface area contributed by atoms with Crippen LogP contribution in [0.4, 0.5) is 13.2 Å². The van der Waals surface area contributed by atoms with Crippen LogP contribution in [0.15, 0.2) is 18.5 Å². The van der Waals surface area contributed by atoms with Crippen molar-refractivity contribution in [3.8, 4) is 0 Å². The summed E-state index contributed by atoms with van der Waals surface area (Å²) in [6.07, 6.45) is -1.92. The zero-order chi connectivity index (χ0) is 12.4. The summed E-state index contributed by atoms with van der Waals surface area (Å²) in [5.74, 6) is 0. The smallest absolute Gasteiger partial charge is 0.265 e. The van der Waals surface area contributed by atoms with E-state index in [9.17, 15) is 21.6 Å². The Hall–Kier alpha value is -1.15. The van der Waals surface area contributed by atoms with Crippen molar-refractivity contribution in [2.24, 2.45) is 0 Å². The maximum Gasteiger partial charge on any atom is 0.417 e. The van der Waals surface area contributed by atoms with E-state index in [2.05, 4.69) is 9.17 Å². The summed E-state index contributed by atoms with van der Waals surface area (Å²) in [6, 6.07) is 0.790. The van der Waals surface area contributed by atoms with Crippen LogP contribution in [-0.2, 0) is 27.1 Å². The molecule has 4 nitrogen and oxygen atoms in total. The molecule has 0 amide bonds. The molecule has 1 rings (SSSR count). The van der Waals surface area contributed by atoms with Crippen molar-refractivity contribution in [1.29, 1.82) is 0 Å². The van der Waals surface area contributed by atoms with Crippen molar-refractivity contribution in [2.75, 3.05) is 6.26 Å². The van der Waals surface area contributed by atoms with Crippen LogP contribution in [0.2, 0.25) is 0 Å².